The van der Waals surface area contributed by atoms with Crippen LogP contribution < -0.4 is 0 Å². The van der Waals surface area contributed by atoms with E-state index >= 15 is 0 Å². The second-order valence-corrected chi connectivity index (χ2v) is 4.43. The molecule has 1 aliphatic rings. The van der Waals surface area contributed by atoms with Crippen molar-refractivity contribution in [3.8, 4) is 0 Å². The number of halogens is 2. The van der Waals surface area contributed by atoms with Crippen molar-refractivity contribution in [1.29, 1.82) is 0 Å². The summed E-state index contributed by atoms with van der Waals surface area (Å²) in [5.74, 6) is -2.22. The lowest BCUT2D eigenvalue weighted by Gasteiger charge is -2.32. The SMILES string of the molecule is CC(C)[C@H](O)C1CCC(F)(F)CC1. The van der Waals surface area contributed by atoms with Gasteiger partial charge in [0.25, 0.3) is 0 Å². The van der Waals surface area contributed by atoms with Gasteiger partial charge < -0.3 is 5.11 Å². The van der Waals surface area contributed by atoms with Crippen LogP contribution in [-0.2, 0) is 0 Å². The van der Waals surface area contributed by atoms with Gasteiger partial charge in [-0.2, -0.15) is 0 Å². The number of aliphatic hydroxyl groups excluding tert-OH is 1. The number of hydrogen-bond donors (Lipinski definition) is 1. The monoisotopic (exact) mass is 192 g/mol. The Bertz CT molecular complexity index is 158. The maximum atomic E-state index is 12.8. The lowest BCUT2D eigenvalue weighted by molar-refractivity contribution is -0.0680. The molecule has 1 saturated carbocycles. The van der Waals surface area contributed by atoms with Crippen molar-refractivity contribution >= 4 is 0 Å². The molecule has 13 heavy (non-hydrogen) atoms. The van der Waals surface area contributed by atoms with Gasteiger partial charge in [0.2, 0.25) is 5.92 Å². The van der Waals surface area contributed by atoms with E-state index in [2.05, 4.69) is 0 Å². The second-order valence-electron chi connectivity index (χ2n) is 4.43. The summed E-state index contributed by atoms with van der Waals surface area (Å²) < 4.78 is 25.5. The van der Waals surface area contributed by atoms with Gasteiger partial charge in [0.15, 0.2) is 0 Å². The molecule has 0 amide bonds. The molecule has 0 bridgehead atoms. The average molecular weight is 192 g/mol. The smallest absolute Gasteiger partial charge is 0.248 e. The zero-order valence-corrected chi connectivity index (χ0v) is 8.26. The third-order valence-corrected chi connectivity index (χ3v) is 2.93. The van der Waals surface area contributed by atoms with Gasteiger partial charge in [0.05, 0.1) is 6.10 Å². The highest BCUT2D eigenvalue weighted by atomic mass is 19.3. The highest BCUT2D eigenvalue weighted by Crippen LogP contribution is 2.38. The lowest BCUT2D eigenvalue weighted by atomic mass is 9.80. The summed E-state index contributed by atoms with van der Waals surface area (Å²) in [7, 11) is 0. The van der Waals surface area contributed by atoms with Crippen molar-refractivity contribution < 1.29 is 13.9 Å². The van der Waals surface area contributed by atoms with Crippen LogP contribution in [0.2, 0.25) is 0 Å². The third-order valence-electron chi connectivity index (χ3n) is 2.93. The Morgan fingerprint density at radius 2 is 1.69 bits per heavy atom. The Balaban J connectivity index is 2.41. The molecule has 0 heterocycles. The van der Waals surface area contributed by atoms with E-state index in [1.165, 1.54) is 0 Å². The molecule has 0 aromatic heterocycles. The number of rotatable bonds is 2. The predicted octanol–water partition coefficient (Wildman–Crippen LogP) is 2.83. The quantitative estimate of drug-likeness (QED) is 0.713. The van der Waals surface area contributed by atoms with Crippen molar-refractivity contribution in [3.63, 3.8) is 0 Å². The highest BCUT2D eigenvalue weighted by molar-refractivity contribution is 4.82. The average Bonchev–Trinajstić information content (AvgIpc) is 2.03. The molecule has 0 aliphatic heterocycles. The summed E-state index contributed by atoms with van der Waals surface area (Å²) in [4.78, 5) is 0. The third kappa shape index (κ3) is 2.90. The summed E-state index contributed by atoms with van der Waals surface area (Å²) in [5.41, 5.74) is 0. The molecule has 0 aromatic carbocycles. The molecule has 1 fully saturated rings. The molecular formula is C10H18F2O. The maximum Gasteiger partial charge on any atom is 0.248 e. The molecule has 78 valence electrons. The van der Waals surface area contributed by atoms with E-state index < -0.39 is 12.0 Å². The van der Waals surface area contributed by atoms with Crippen LogP contribution in [0.4, 0.5) is 8.78 Å². The van der Waals surface area contributed by atoms with Gasteiger partial charge in [-0.25, -0.2) is 8.78 Å². The minimum Gasteiger partial charge on any atom is -0.393 e. The molecule has 0 spiro atoms. The van der Waals surface area contributed by atoms with Crippen LogP contribution in [0.1, 0.15) is 39.5 Å². The van der Waals surface area contributed by atoms with Gasteiger partial charge in [-0.15, -0.1) is 0 Å². The van der Waals surface area contributed by atoms with Crippen LogP contribution in [0, 0.1) is 11.8 Å². The van der Waals surface area contributed by atoms with E-state index in [1.54, 1.807) is 0 Å². The normalized spacial score (nSPS) is 26.3. The Labute approximate surface area is 78.1 Å². The van der Waals surface area contributed by atoms with Crippen molar-refractivity contribution in [3.05, 3.63) is 0 Å². The summed E-state index contributed by atoms with van der Waals surface area (Å²) in [6, 6.07) is 0. The van der Waals surface area contributed by atoms with Crippen molar-refractivity contribution in [1.82, 2.24) is 0 Å². The molecule has 3 heteroatoms. The maximum absolute atomic E-state index is 12.8. The lowest BCUT2D eigenvalue weighted by Crippen LogP contribution is -2.33. The second kappa shape index (κ2) is 3.91. The van der Waals surface area contributed by atoms with E-state index in [0.717, 1.165) is 0 Å². The largest absolute Gasteiger partial charge is 0.393 e. The van der Waals surface area contributed by atoms with Crippen molar-refractivity contribution in [2.75, 3.05) is 0 Å². The first kappa shape index (κ1) is 10.9. The first-order valence-corrected chi connectivity index (χ1v) is 4.98. The Kier molecular flexibility index (Phi) is 3.28. The highest BCUT2D eigenvalue weighted by Gasteiger charge is 2.37. The molecule has 0 unspecified atom stereocenters. The van der Waals surface area contributed by atoms with E-state index in [0.29, 0.717) is 12.8 Å². The Morgan fingerprint density at radius 3 is 2.08 bits per heavy atom. The van der Waals surface area contributed by atoms with Crippen LogP contribution >= 0.6 is 0 Å². The molecule has 1 nitrogen and oxygen atoms in total. The molecule has 1 N–H and O–H groups in total. The van der Waals surface area contributed by atoms with Gasteiger partial charge in [0.1, 0.15) is 0 Å². The first-order valence-electron chi connectivity index (χ1n) is 4.98. The van der Waals surface area contributed by atoms with Gasteiger partial charge in [-0.1, -0.05) is 13.8 Å². The summed E-state index contributed by atoms with van der Waals surface area (Å²) in [6.45, 7) is 3.86. The fourth-order valence-electron chi connectivity index (χ4n) is 1.95. The number of aliphatic hydroxyl groups is 1. The fourth-order valence-corrected chi connectivity index (χ4v) is 1.95. The standard InChI is InChI=1S/C10H18F2O/c1-7(2)9(13)8-3-5-10(11,12)6-4-8/h7-9,13H,3-6H2,1-2H3/t9-/m0/s1. The van der Waals surface area contributed by atoms with Gasteiger partial charge in [-0.05, 0) is 24.7 Å². The summed E-state index contributed by atoms with van der Waals surface area (Å²) in [5, 5.41) is 9.68. The molecule has 1 rings (SSSR count). The summed E-state index contributed by atoms with van der Waals surface area (Å²) in [6.07, 6.45) is 0.415. The van der Waals surface area contributed by atoms with E-state index in [-0.39, 0.29) is 24.7 Å². The minimum absolute atomic E-state index is 0.0541. The molecule has 1 atom stereocenters. The molecule has 0 radical (unpaired) electrons. The van der Waals surface area contributed by atoms with Gasteiger partial charge >= 0.3 is 0 Å². The topological polar surface area (TPSA) is 20.2 Å². The molecule has 0 aromatic rings. The predicted molar refractivity (Wildman–Crippen MR) is 47.7 cm³/mol. The first-order chi connectivity index (χ1) is 5.92. The summed E-state index contributed by atoms with van der Waals surface area (Å²) >= 11 is 0. The Morgan fingerprint density at radius 1 is 1.23 bits per heavy atom. The zero-order valence-electron chi connectivity index (χ0n) is 8.26. The zero-order chi connectivity index (χ0) is 10.1. The molecular weight excluding hydrogens is 174 g/mol. The Hall–Kier alpha value is -0.180. The van der Waals surface area contributed by atoms with Gasteiger partial charge in [0, 0.05) is 12.8 Å². The van der Waals surface area contributed by atoms with Crippen LogP contribution in [-0.4, -0.2) is 17.1 Å². The van der Waals surface area contributed by atoms with E-state index in [1.807, 2.05) is 13.8 Å². The number of alkyl halides is 2. The van der Waals surface area contributed by atoms with Crippen LogP contribution in [0.5, 0.6) is 0 Å². The van der Waals surface area contributed by atoms with Crippen LogP contribution in [0.25, 0.3) is 0 Å². The van der Waals surface area contributed by atoms with Gasteiger partial charge in [-0.3, -0.25) is 0 Å². The van der Waals surface area contributed by atoms with E-state index in [9.17, 15) is 13.9 Å². The number of hydrogen-bond acceptors (Lipinski definition) is 1. The molecule has 1 aliphatic carbocycles. The fraction of sp³-hybridized carbons (Fsp3) is 1.00. The van der Waals surface area contributed by atoms with Crippen molar-refractivity contribution in [2.45, 2.75) is 51.6 Å². The van der Waals surface area contributed by atoms with E-state index in [4.69, 9.17) is 0 Å². The van der Waals surface area contributed by atoms with Crippen LogP contribution in [0.15, 0.2) is 0 Å². The minimum atomic E-state index is -2.48. The van der Waals surface area contributed by atoms with Crippen LogP contribution in [0.3, 0.4) is 0 Å². The van der Waals surface area contributed by atoms with Crippen molar-refractivity contribution in [2.24, 2.45) is 11.8 Å². The molecule has 0 saturated heterocycles.